The van der Waals surface area contributed by atoms with E-state index in [0.717, 1.165) is 0 Å². The van der Waals surface area contributed by atoms with Crippen molar-refractivity contribution in [1.82, 2.24) is 14.7 Å². The minimum absolute atomic E-state index is 0.230. The van der Waals surface area contributed by atoms with Gasteiger partial charge in [0.05, 0.1) is 12.2 Å². The molecule has 2 N–H and O–H groups in total. The molecule has 2 atom stereocenters. The molecule has 0 amide bonds. The van der Waals surface area contributed by atoms with Gasteiger partial charge in [-0.2, -0.15) is 5.10 Å². The molecule has 0 bridgehead atoms. The molecule has 4 heteroatoms. The minimum atomic E-state index is 0.230. The third-order valence-electron chi connectivity index (χ3n) is 4.21. The van der Waals surface area contributed by atoms with E-state index >= 15 is 0 Å². The van der Waals surface area contributed by atoms with Gasteiger partial charge in [0, 0.05) is 30.9 Å². The van der Waals surface area contributed by atoms with Gasteiger partial charge in [-0.05, 0) is 26.3 Å². The van der Waals surface area contributed by atoms with Crippen LogP contribution in [0.3, 0.4) is 0 Å². The highest BCUT2D eigenvalue weighted by molar-refractivity contribution is 5.21. The molecule has 0 saturated heterocycles. The van der Waals surface area contributed by atoms with Crippen molar-refractivity contribution in [3.8, 4) is 0 Å². The zero-order valence-electron chi connectivity index (χ0n) is 12.9. The van der Waals surface area contributed by atoms with E-state index in [4.69, 9.17) is 5.73 Å². The van der Waals surface area contributed by atoms with Gasteiger partial charge in [-0.25, -0.2) is 0 Å². The highest BCUT2D eigenvalue weighted by atomic mass is 15.3. The van der Waals surface area contributed by atoms with E-state index in [-0.39, 0.29) is 11.5 Å². The molecule has 1 rings (SSSR count). The first-order valence-electron chi connectivity index (χ1n) is 6.60. The van der Waals surface area contributed by atoms with Crippen molar-refractivity contribution in [2.45, 2.75) is 46.7 Å². The minimum Gasteiger partial charge on any atom is -0.329 e. The van der Waals surface area contributed by atoms with Crippen molar-refractivity contribution in [2.75, 3.05) is 13.6 Å². The van der Waals surface area contributed by atoms with Gasteiger partial charge in [0.2, 0.25) is 0 Å². The van der Waals surface area contributed by atoms with E-state index in [2.05, 4.69) is 51.7 Å². The molecule has 4 nitrogen and oxygen atoms in total. The Morgan fingerprint density at radius 2 is 2.00 bits per heavy atom. The Labute approximate surface area is 111 Å². The Hall–Kier alpha value is -0.870. The summed E-state index contributed by atoms with van der Waals surface area (Å²) in [7, 11) is 4.12. The van der Waals surface area contributed by atoms with E-state index in [1.165, 1.54) is 11.3 Å². The van der Waals surface area contributed by atoms with E-state index in [1.54, 1.807) is 0 Å². The van der Waals surface area contributed by atoms with Crippen LogP contribution in [0.1, 0.15) is 45.0 Å². The third-order valence-corrected chi connectivity index (χ3v) is 4.21. The van der Waals surface area contributed by atoms with Gasteiger partial charge in [0.1, 0.15) is 0 Å². The third kappa shape index (κ3) is 2.93. The highest BCUT2D eigenvalue weighted by Crippen LogP contribution is 2.30. The van der Waals surface area contributed by atoms with Crippen molar-refractivity contribution in [2.24, 2.45) is 18.2 Å². The molecule has 2 unspecified atom stereocenters. The van der Waals surface area contributed by atoms with E-state index in [0.29, 0.717) is 12.6 Å². The van der Waals surface area contributed by atoms with Gasteiger partial charge in [-0.15, -0.1) is 0 Å². The van der Waals surface area contributed by atoms with Crippen molar-refractivity contribution in [3.05, 3.63) is 17.5 Å². The van der Waals surface area contributed by atoms with Crippen molar-refractivity contribution < 1.29 is 0 Å². The monoisotopic (exact) mass is 252 g/mol. The van der Waals surface area contributed by atoms with Gasteiger partial charge >= 0.3 is 0 Å². The number of aromatic nitrogens is 2. The molecule has 1 aromatic heterocycles. The lowest BCUT2D eigenvalue weighted by Gasteiger charge is -2.39. The normalized spacial score (nSPS) is 16.1. The largest absolute Gasteiger partial charge is 0.329 e. The molecule has 18 heavy (non-hydrogen) atoms. The van der Waals surface area contributed by atoms with Crippen LogP contribution < -0.4 is 5.73 Å². The molecule has 0 fully saturated rings. The van der Waals surface area contributed by atoms with E-state index < -0.39 is 0 Å². The van der Waals surface area contributed by atoms with Crippen LogP contribution in [0.15, 0.2) is 6.20 Å². The number of nitrogens with two attached hydrogens (primary N) is 1. The molecule has 104 valence electrons. The fourth-order valence-electron chi connectivity index (χ4n) is 2.24. The molecule has 1 heterocycles. The molecule has 0 radical (unpaired) electrons. The number of hydrogen-bond donors (Lipinski definition) is 1. The smallest absolute Gasteiger partial charge is 0.0540 e. The average molecular weight is 252 g/mol. The fourth-order valence-corrected chi connectivity index (χ4v) is 2.24. The predicted octanol–water partition coefficient (Wildman–Crippen LogP) is 2.09. The van der Waals surface area contributed by atoms with Crippen LogP contribution in [0.2, 0.25) is 0 Å². The van der Waals surface area contributed by atoms with Crippen molar-refractivity contribution in [3.63, 3.8) is 0 Å². The molecule has 0 saturated carbocycles. The van der Waals surface area contributed by atoms with E-state index in [1.807, 2.05) is 17.9 Å². The van der Waals surface area contributed by atoms with Gasteiger partial charge in [-0.3, -0.25) is 9.58 Å². The summed E-state index contributed by atoms with van der Waals surface area (Å²) in [5.41, 5.74) is 8.65. The van der Waals surface area contributed by atoms with Gasteiger partial charge in [0.25, 0.3) is 0 Å². The summed E-state index contributed by atoms with van der Waals surface area (Å²) in [5.74, 6) is 0. The molecule has 1 aromatic rings. The number of nitrogens with zero attached hydrogens (tertiary/aromatic N) is 3. The van der Waals surface area contributed by atoms with Crippen molar-refractivity contribution in [1.29, 1.82) is 0 Å². The number of hydrogen-bond acceptors (Lipinski definition) is 3. The lowest BCUT2D eigenvalue weighted by Crippen LogP contribution is -2.43. The maximum absolute atomic E-state index is 5.99. The SMILES string of the molecule is Cc1c(C(CN)N(C)C(C)C(C)(C)C)cnn1C. The van der Waals surface area contributed by atoms with Crippen LogP contribution in [-0.4, -0.2) is 34.3 Å². The van der Waals surface area contributed by atoms with Gasteiger partial charge in [-0.1, -0.05) is 20.8 Å². The first kappa shape index (κ1) is 15.2. The molecule has 0 spiro atoms. The molecular weight excluding hydrogens is 224 g/mol. The lowest BCUT2D eigenvalue weighted by atomic mass is 9.86. The summed E-state index contributed by atoms with van der Waals surface area (Å²) in [6.45, 7) is 11.8. The van der Waals surface area contributed by atoms with Crippen LogP contribution >= 0.6 is 0 Å². The van der Waals surface area contributed by atoms with Gasteiger partial charge in [0.15, 0.2) is 0 Å². The maximum Gasteiger partial charge on any atom is 0.0540 e. The average Bonchev–Trinajstić information content (AvgIpc) is 2.60. The summed E-state index contributed by atoms with van der Waals surface area (Å²) in [6, 6.07) is 0.679. The Balaban J connectivity index is 3.01. The molecule has 0 aliphatic heterocycles. The summed E-state index contributed by atoms with van der Waals surface area (Å²) in [4.78, 5) is 2.37. The molecule has 0 aliphatic rings. The second kappa shape index (κ2) is 5.41. The summed E-state index contributed by atoms with van der Waals surface area (Å²) in [6.07, 6.45) is 1.94. The molecular formula is C14H28N4. The second-order valence-electron chi connectivity index (χ2n) is 6.27. The number of rotatable bonds is 4. The quantitative estimate of drug-likeness (QED) is 0.892. The first-order valence-corrected chi connectivity index (χ1v) is 6.60. The Bertz CT molecular complexity index is 389. The summed E-state index contributed by atoms with van der Waals surface area (Å²) >= 11 is 0. The van der Waals surface area contributed by atoms with Crippen LogP contribution in [-0.2, 0) is 7.05 Å². The van der Waals surface area contributed by atoms with Gasteiger partial charge < -0.3 is 5.73 Å². The zero-order chi connectivity index (χ0) is 14.1. The zero-order valence-corrected chi connectivity index (χ0v) is 12.9. The number of likely N-dealkylation sites (N-methyl/N-ethyl adjacent to an activating group) is 1. The topological polar surface area (TPSA) is 47.1 Å². The molecule has 0 aromatic carbocycles. The standard InChI is InChI=1S/C14H28N4/c1-10-12(9-16-18(10)7)13(8-15)17(6)11(2)14(3,4)5/h9,11,13H,8,15H2,1-7H3. The molecule has 0 aliphatic carbocycles. The summed E-state index contributed by atoms with van der Waals surface area (Å²) in [5, 5.41) is 4.32. The summed E-state index contributed by atoms with van der Waals surface area (Å²) < 4.78 is 1.91. The first-order chi connectivity index (χ1) is 8.20. The Morgan fingerprint density at radius 1 is 1.44 bits per heavy atom. The van der Waals surface area contributed by atoms with Crippen LogP contribution in [0.25, 0.3) is 0 Å². The Kier molecular flexibility index (Phi) is 4.56. The lowest BCUT2D eigenvalue weighted by molar-refractivity contribution is 0.0998. The predicted molar refractivity (Wildman–Crippen MR) is 76.4 cm³/mol. The maximum atomic E-state index is 5.99. The van der Waals surface area contributed by atoms with Crippen LogP contribution in [0.5, 0.6) is 0 Å². The fraction of sp³-hybridized carbons (Fsp3) is 0.786. The number of aryl methyl sites for hydroxylation is 1. The van der Waals surface area contributed by atoms with Crippen LogP contribution in [0.4, 0.5) is 0 Å². The van der Waals surface area contributed by atoms with E-state index in [9.17, 15) is 0 Å². The second-order valence-corrected chi connectivity index (χ2v) is 6.27. The Morgan fingerprint density at radius 3 is 2.33 bits per heavy atom. The highest BCUT2D eigenvalue weighted by Gasteiger charge is 2.30. The van der Waals surface area contributed by atoms with Crippen LogP contribution in [0, 0.1) is 12.3 Å². The van der Waals surface area contributed by atoms with Crippen molar-refractivity contribution >= 4 is 0 Å².